The van der Waals surface area contributed by atoms with E-state index < -0.39 is 0 Å². The molecule has 0 radical (unpaired) electrons. The zero-order valence-corrected chi connectivity index (χ0v) is 12.6. The van der Waals surface area contributed by atoms with Crippen LogP contribution in [0, 0.1) is 5.92 Å². The van der Waals surface area contributed by atoms with Crippen molar-refractivity contribution >= 4 is 0 Å². The molecule has 1 saturated carbocycles. The van der Waals surface area contributed by atoms with Gasteiger partial charge in [0.2, 0.25) is 0 Å². The molecule has 0 aromatic heterocycles. The predicted octanol–water partition coefficient (Wildman–Crippen LogP) is 5.07. The molecule has 1 N–H and O–H groups in total. The first kappa shape index (κ1) is 15.8. The first-order valence-corrected chi connectivity index (χ1v) is 8.10. The van der Waals surface area contributed by atoms with Crippen molar-refractivity contribution in [1.29, 1.82) is 0 Å². The Balaban J connectivity index is 2.22. The molecule has 1 aliphatic rings. The van der Waals surface area contributed by atoms with Crippen LogP contribution < -0.4 is 5.32 Å². The van der Waals surface area contributed by atoms with Crippen molar-refractivity contribution in [2.45, 2.75) is 84.1 Å². The summed E-state index contributed by atoms with van der Waals surface area (Å²) in [7, 11) is 0. The minimum atomic E-state index is 0.726. The molecule has 0 aliphatic heterocycles. The summed E-state index contributed by atoms with van der Waals surface area (Å²) in [5.74, 6) is 1.02. The second-order valence-corrected chi connectivity index (χ2v) is 6.23. The van der Waals surface area contributed by atoms with E-state index in [-0.39, 0.29) is 0 Å². The van der Waals surface area contributed by atoms with Crippen LogP contribution in [0.25, 0.3) is 0 Å². The van der Waals surface area contributed by atoms with Crippen LogP contribution in [0.3, 0.4) is 0 Å². The van der Waals surface area contributed by atoms with E-state index in [0.717, 1.165) is 12.0 Å². The highest BCUT2D eigenvalue weighted by Crippen LogP contribution is 2.28. The van der Waals surface area contributed by atoms with Crippen molar-refractivity contribution in [1.82, 2.24) is 5.32 Å². The predicted molar refractivity (Wildman–Crippen MR) is 81.9 cm³/mol. The fraction of sp³-hybridized carbons (Fsp3) is 0.882. The lowest BCUT2D eigenvalue weighted by Gasteiger charge is -2.25. The van der Waals surface area contributed by atoms with Gasteiger partial charge in [-0.25, -0.2) is 0 Å². The SMILES string of the molecule is C=C(C)CCC(CCC1CCCCC1)NCCC. The Morgan fingerprint density at radius 1 is 1.22 bits per heavy atom. The summed E-state index contributed by atoms with van der Waals surface area (Å²) in [5.41, 5.74) is 1.33. The van der Waals surface area contributed by atoms with Crippen LogP contribution in [0.15, 0.2) is 12.2 Å². The van der Waals surface area contributed by atoms with E-state index in [0.29, 0.717) is 0 Å². The van der Waals surface area contributed by atoms with Crippen LogP contribution in [-0.4, -0.2) is 12.6 Å². The smallest absolute Gasteiger partial charge is 0.00702 e. The molecule has 0 aromatic rings. The Morgan fingerprint density at radius 3 is 2.56 bits per heavy atom. The third kappa shape index (κ3) is 7.20. The summed E-state index contributed by atoms with van der Waals surface area (Å²) < 4.78 is 0. The van der Waals surface area contributed by atoms with Gasteiger partial charge in [-0.3, -0.25) is 0 Å². The number of rotatable bonds is 9. The molecule has 1 fully saturated rings. The molecule has 1 unspecified atom stereocenters. The Labute approximate surface area is 114 Å². The van der Waals surface area contributed by atoms with Gasteiger partial charge in [0.25, 0.3) is 0 Å². The first-order valence-electron chi connectivity index (χ1n) is 8.10. The molecule has 1 atom stereocenters. The van der Waals surface area contributed by atoms with Crippen LogP contribution in [0.4, 0.5) is 0 Å². The number of hydrogen-bond donors (Lipinski definition) is 1. The van der Waals surface area contributed by atoms with Crippen LogP contribution >= 0.6 is 0 Å². The lowest BCUT2D eigenvalue weighted by Crippen LogP contribution is -2.30. The highest BCUT2D eigenvalue weighted by Gasteiger charge is 2.15. The summed E-state index contributed by atoms with van der Waals surface area (Å²) in [6.45, 7) is 9.61. The molecule has 106 valence electrons. The lowest BCUT2D eigenvalue weighted by atomic mass is 9.84. The second kappa shape index (κ2) is 9.61. The molecular weight excluding hydrogens is 218 g/mol. The third-order valence-electron chi connectivity index (χ3n) is 4.25. The van der Waals surface area contributed by atoms with Crippen LogP contribution in [0.1, 0.15) is 78.1 Å². The van der Waals surface area contributed by atoms with Gasteiger partial charge in [-0.15, -0.1) is 6.58 Å². The molecule has 0 aromatic carbocycles. The van der Waals surface area contributed by atoms with Crippen LogP contribution in [0.2, 0.25) is 0 Å². The second-order valence-electron chi connectivity index (χ2n) is 6.23. The molecular formula is C17H33N. The monoisotopic (exact) mass is 251 g/mol. The number of allylic oxidation sites excluding steroid dienone is 1. The average molecular weight is 251 g/mol. The van der Waals surface area contributed by atoms with E-state index in [1.54, 1.807) is 0 Å². The van der Waals surface area contributed by atoms with Crippen molar-refractivity contribution in [2.75, 3.05) is 6.54 Å². The maximum atomic E-state index is 4.03. The minimum Gasteiger partial charge on any atom is -0.314 e. The van der Waals surface area contributed by atoms with E-state index in [2.05, 4.69) is 25.7 Å². The average Bonchev–Trinajstić information content (AvgIpc) is 2.39. The van der Waals surface area contributed by atoms with Crippen LogP contribution in [-0.2, 0) is 0 Å². The van der Waals surface area contributed by atoms with Gasteiger partial charge in [0.05, 0.1) is 0 Å². The summed E-state index contributed by atoms with van der Waals surface area (Å²) in [4.78, 5) is 0. The van der Waals surface area contributed by atoms with Gasteiger partial charge >= 0.3 is 0 Å². The molecule has 1 heteroatoms. The van der Waals surface area contributed by atoms with Gasteiger partial charge in [0, 0.05) is 6.04 Å². The van der Waals surface area contributed by atoms with Crippen molar-refractivity contribution < 1.29 is 0 Å². The quantitative estimate of drug-likeness (QED) is 0.564. The third-order valence-corrected chi connectivity index (χ3v) is 4.25. The fourth-order valence-electron chi connectivity index (χ4n) is 3.03. The summed E-state index contributed by atoms with van der Waals surface area (Å²) >= 11 is 0. The zero-order valence-electron chi connectivity index (χ0n) is 12.6. The molecule has 1 rings (SSSR count). The zero-order chi connectivity index (χ0) is 13.2. The topological polar surface area (TPSA) is 12.0 Å². The van der Waals surface area contributed by atoms with Crippen molar-refractivity contribution in [3.63, 3.8) is 0 Å². The molecule has 0 spiro atoms. The summed E-state index contributed by atoms with van der Waals surface area (Å²) in [5, 5.41) is 3.72. The molecule has 0 bridgehead atoms. The maximum Gasteiger partial charge on any atom is 0.00702 e. The largest absolute Gasteiger partial charge is 0.314 e. The van der Waals surface area contributed by atoms with Crippen molar-refractivity contribution in [2.24, 2.45) is 5.92 Å². The molecule has 1 nitrogen and oxygen atoms in total. The van der Waals surface area contributed by atoms with Gasteiger partial charge in [-0.05, 0) is 51.5 Å². The fourth-order valence-corrected chi connectivity index (χ4v) is 3.03. The minimum absolute atomic E-state index is 0.726. The molecule has 0 amide bonds. The van der Waals surface area contributed by atoms with E-state index in [1.807, 2.05) is 0 Å². The standard InChI is InChI=1S/C17H33N/c1-4-14-18-17(12-10-15(2)3)13-11-16-8-6-5-7-9-16/h16-18H,2,4-14H2,1,3H3. The van der Waals surface area contributed by atoms with Crippen molar-refractivity contribution in [3.05, 3.63) is 12.2 Å². The van der Waals surface area contributed by atoms with E-state index in [1.165, 1.54) is 76.3 Å². The number of hydrogen-bond acceptors (Lipinski definition) is 1. The molecule has 0 saturated heterocycles. The highest BCUT2D eigenvalue weighted by molar-refractivity contribution is 4.89. The van der Waals surface area contributed by atoms with E-state index >= 15 is 0 Å². The Kier molecular flexibility index (Phi) is 8.41. The Bertz CT molecular complexity index is 216. The van der Waals surface area contributed by atoms with Gasteiger partial charge in [0.1, 0.15) is 0 Å². The lowest BCUT2D eigenvalue weighted by molar-refractivity contribution is 0.309. The molecule has 18 heavy (non-hydrogen) atoms. The highest BCUT2D eigenvalue weighted by atomic mass is 14.9. The van der Waals surface area contributed by atoms with E-state index in [9.17, 15) is 0 Å². The normalized spacial score (nSPS) is 18.8. The summed E-state index contributed by atoms with van der Waals surface area (Å²) in [6, 6.07) is 0.726. The number of nitrogens with one attached hydrogen (secondary N) is 1. The Morgan fingerprint density at radius 2 is 1.94 bits per heavy atom. The molecule has 1 aliphatic carbocycles. The van der Waals surface area contributed by atoms with Gasteiger partial charge in [0.15, 0.2) is 0 Å². The van der Waals surface area contributed by atoms with Gasteiger partial charge < -0.3 is 5.32 Å². The summed E-state index contributed by atoms with van der Waals surface area (Å²) in [6.07, 6.45) is 13.9. The first-order chi connectivity index (χ1) is 8.72. The van der Waals surface area contributed by atoms with Crippen LogP contribution in [0.5, 0.6) is 0 Å². The van der Waals surface area contributed by atoms with E-state index in [4.69, 9.17) is 0 Å². The van der Waals surface area contributed by atoms with Gasteiger partial charge in [-0.2, -0.15) is 0 Å². The van der Waals surface area contributed by atoms with Crippen molar-refractivity contribution in [3.8, 4) is 0 Å². The molecule has 0 heterocycles. The maximum absolute atomic E-state index is 4.03. The van der Waals surface area contributed by atoms with Gasteiger partial charge in [-0.1, -0.05) is 44.6 Å². The Hall–Kier alpha value is -0.300.